The number of rotatable bonds is 5. The Kier molecular flexibility index (Phi) is 4.99. The molecule has 2 aromatic heterocycles. The molecule has 0 aliphatic carbocycles. The van der Waals surface area contributed by atoms with Gasteiger partial charge >= 0.3 is 0 Å². The predicted octanol–water partition coefficient (Wildman–Crippen LogP) is 2.41. The average molecular weight is 331 g/mol. The van der Waals surface area contributed by atoms with Gasteiger partial charge in [-0.05, 0) is 58.2 Å². The summed E-state index contributed by atoms with van der Waals surface area (Å²) >= 11 is 0. The average Bonchev–Trinajstić information content (AvgIpc) is 3.23. The van der Waals surface area contributed by atoms with Crippen LogP contribution in [0.15, 0.2) is 23.0 Å². The zero-order chi connectivity index (χ0) is 17.1. The summed E-state index contributed by atoms with van der Waals surface area (Å²) in [6.07, 6.45) is 6.22. The predicted molar refractivity (Wildman–Crippen MR) is 90.8 cm³/mol. The number of carbonyl (C=O) groups is 1. The van der Waals surface area contributed by atoms with Crippen molar-refractivity contribution in [2.45, 2.75) is 52.1 Å². The van der Waals surface area contributed by atoms with Crippen molar-refractivity contribution in [2.75, 3.05) is 18.4 Å². The number of piperidine rings is 1. The van der Waals surface area contributed by atoms with Crippen LogP contribution in [0.2, 0.25) is 0 Å². The van der Waals surface area contributed by atoms with Gasteiger partial charge in [-0.3, -0.25) is 19.7 Å². The lowest BCUT2D eigenvalue weighted by molar-refractivity contribution is -0.121. The monoisotopic (exact) mass is 331 g/mol. The minimum Gasteiger partial charge on any atom is -0.338 e. The first-order valence-electron chi connectivity index (χ1n) is 8.57. The summed E-state index contributed by atoms with van der Waals surface area (Å²) in [6, 6.07) is 1.54. The number of amides is 1. The van der Waals surface area contributed by atoms with E-state index in [-0.39, 0.29) is 11.9 Å². The molecule has 0 unspecified atom stereocenters. The molecule has 2 aromatic rings. The van der Waals surface area contributed by atoms with Gasteiger partial charge in [-0.15, -0.1) is 0 Å². The van der Waals surface area contributed by atoms with Crippen molar-refractivity contribution in [1.29, 1.82) is 0 Å². The molecule has 0 radical (unpaired) electrons. The first-order chi connectivity index (χ1) is 11.6. The zero-order valence-corrected chi connectivity index (χ0v) is 14.5. The fourth-order valence-electron chi connectivity index (χ4n) is 3.20. The highest BCUT2D eigenvalue weighted by molar-refractivity contribution is 5.93. The zero-order valence-electron chi connectivity index (χ0n) is 14.5. The van der Waals surface area contributed by atoms with E-state index < -0.39 is 0 Å². The summed E-state index contributed by atoms with van der Waals surface area (Å²) in [5.41, 5.74) is 2.07. The maximum absolute atomic E-state index is 12.4. The third-order valence-corrected chi connectivity index (χ3v) is 4.78. The molecule has 1 saturated heterocycles. The fourth-order valence-corrected chi connectivity index (χ4v) is 3.20. The molecule has 7 nitrogen and oxygen atoms in total. The lowest BCUT2D eigenvalue weighted by Gasteiger charge is -2.34. The molecule has 24 heavy (non-hydrogen) atoms. The Morgan fingerprint density at radius 3 is 2.79 bits per heavy atom. The maximum Gasteiger partial charge on any atom is 0.243 e. The van der Waals surface area contributed by atoms with Gasteiger partial charge in [0.05, 0.1) is 17.9 Å². The van der Waals surface area contributed by atoms with Crippen LogP contribution < -0.4 is 5.32 Å². The van der Waals surface area contributed by atoms with Gasteiger partial charge in [-0.2, -0.15) is 5.10 Å². The van der Waals surface area contributed by atoms with Crippen LogP contribution in [-0.4, -0.2) is 44.9 Å². The van der Waals surface area contributed by atoms with Crippen LogP contribution in [0, 0.1) is 6.92 Å². The van der Waals surface area contributed by atoms with Crippen LogP contribution >= 0.6 is 0 Å². The normalized spacial score (nSPS) is 17.8. The number of aromatic nitrogens is 3. The van der Waals surface area contributed by atoms with Gasteiger partial charge in [0.1, 0.15) is 0 Å². The number of hydrogen-bond acceptors (Lipinski definition) is 5. The maximum atomic E-state index is 12.4. The first-order valence-corrected chi connectivity index (χ1v) is 8.57. The van der Waals surface area contributed by atoms with E-state index in [2.05, 4.69) is 33.6 Å². The number of aryl methyl sites for hydroxylation is 2. The third-order valence-electron chi connectivity index (χ3n) is 4.78. The Morgan fingerprint density at radius 2 is 2.21 bits per heavy atom. The molecular formula is C17H25N5O2. The third kappa shape index (κ3) is 3.67. The molecule has 0 spiro atoms. The topological polar surface area (TPSA) is 76.2 Å². The van der Waals surface area contributed by atoms with Crippen LogP contribution in [0.5, 0.6) is 0 Å². The fraction of sp³-hybridized carbons (Fsp3) is 0.588. The van der Waals surface area contributed by atoms with Gasteiger partial charge in [-0.1, -0.05) is 5.16 Å². The number of nitrogens with zero attached hydrogens (tertiary/aromatic N) is 4. The van der Waals surface area contributed by atoms with Crippen molar-refractivity contribution >= 4 is 11.8 Å². The Labute approximate surface area is 142 Å². The minimum absolute atomic E-state index is 0.0524. The van der Waals surface area contributed by atoms with E-state index in [1.165, 1.54) is 5.56 Å². The highest BCUT2D eigenvalue weighted by Crippen LogP contribution is 2.28. The van der Waals surface area contributed by atoms with E-state index in [0.717, 1.165) is 38.2 Å². The Hall–Kier alpha value is -2.15. The Morgan fingerprint density at radius 1 is 1.46 bits per heavy atom. The second-order valence-electron chi connectivity index (χ2n) is 6.44. The van der Waals surface area contributed by atoms with E-state index in [1.54, 1.807) is 6.07 Å². The number of anilines is 1. The number of carbonyl (C=O) groups excluding carboxylic acids is 1. The van der Waals surface area contributed by atoms with Crippen molar-refractivity contribution in [1.82, 2.24) is 19.8 Å². The highest BCUT2D eigenvalue weighted by Gasteiger charge is 2.28. The van der Waals surface area contributed by atoms with Crippen LogP contribution in [-0.2, 0) is 11.3 Å². The Balaban J connectivity index is 1.52. The van der Waals surface area contributed by atoms with Crippen LogP contribution in [0.4, 0.5) is 5.88 Å². The summed E-state index contributed by atoms with van der Waals surface area (Å²) in [4.78, 5) is 14.6. The standard InChI is InChI=1S/C17H25N5O2/c1-4-22-11-15(10-18-22)14-5-7-21(8-6-14)13(3)17(23)19-16-9-12(2)20-24-16/h9-11,13-14H,4-8H2,1-3H3,(H,19,23)/t13-/m0/s1. The van der Waals surface area contributed by atoms with Gasteiger partial charge in [-0.25, -0.2) is 0 Å². The van der Waals surface area contributed by atoms with Gasteiger partial charge in [0.15, 0.2) is 0 Å². The van der Waals surface area contributed by atoms with E-state index >= 15 is 0 Å². The molecule has 1 aliphatic heterocycles. The van der Waals surface area contributed by atoms with Crippen molar-refractivity contribution in [3.05, 3.63) is 29.7 Å². The van der Waals surface area contributed by atoms with Gasteiger partial charge < -0.3 is 4.52 Å². The summed E-state index contributed by atoms with van der Waals surface area (Å²) < 4.78 is 7.02. The van der Waals surface area contributed by atoms with Crippen molar-refractivity contribution in [3.8, 4) is 0 Å². The van der Waals surface area contributed by atoms with Crippen LogP contribution in [0.3, 0.4) is 0 Å². The summed E-state index contributed by atoms with van der Waals surface area (Å²) in [6.45, 7) is 8.58. The summed E-state index contributed by atoms with van der Waals surface area (Å²) in [5, 5.41) is 10.9. The van der Waals surface area contributed by atoms with E-state index in [9.17, 15) is 4.79 Å². The van der Waals surface area contributed by atoms with E-state index in [4.69, 9.17) is 4.52 Å². The molecular weight excluding hydrogens is 306 g/mol. The molecule has 1 N–H and O–H groups in total. The number of hydrogen-bond donors (Lipinski definition) is 1. The minimum atomic E-state index is -0.185. The summed E-state index contributed by atoms with van der Waals surface area (Å²) in [7, 11) is 0. The van der Waals surface area contributed by atoms with E-state index in [1.807, 2.05) is 24.7 Å². The molecule has 1 aliphatic rings. The number of nitrogens with one attached hydrogen (secondary N) is 1. The van der Waals surface area contributed by atoms with Crippen molar-refractivity contribution in [2.24, 2.45) is 0 Å². The van der Waals surface area contributed by atoms with E-state index in [0.29, 0.717) is 11.8 Å². The van der Waals surface area contributed by atoms with Gasteiger partial charge in [0.25, 0.3) is 0 Å². The SMILES string of the molecule is CCn1cc(C2CCN([C@@H](C)C(=O)Nc3cc(C)no3)CC2)cn1. The molecule has 0 saturated carbocycles. The lowest BCUT2D eigenvalue weighted by Crippen LogP contribution is -2.45. The molecule has 1 atom stereocenters. The smallest absolute Gasteiger partial charge is 0.243 e. The van der Waals surface area contributed by atoms with Crippen molar-refractivity contribution < 1.29 is 9.32 Å². The molecule has 0 bridgehead atoms. The molecule has 130 valence electrons. The van der Waals surface area contributed by atoms with Gasteiger partial charge in [0.2, 0.25) is 11.8 Å². The van der Waals surface area contributed by atoms with Crippen LogP contribution in [0.25, 0.3) is 0 Å². The molecule has 3 heterocycles. The van der Waals surface area contributed by atoms with Gasteiger partial charge in [0, 0.05) is 18.8 Å². The van der Waals surface area contributed by atoms with Crippen LogP contribution in [0.1, 0.15) is 43.9 Å². The molecule has 0 aromatic carbocycles. The largest absolute Gasteiger partial charge is 0.338 e. The molecule has 1 amide bonds. The molecule has 7 heteroatoms. The van der Waals surface area contributed by atoms with Crippen molar-refractivity contribution in [3.63, 3.8) is 0 Å². The molecule has 3 rings (SSSR count). The number of likely N-dealkylation sites (tertiary alicyclic amines) is 1. The Bertz CT molecular complexity index is 685. The lowest BCUT2D eigenvalue weighted by atomic mass is 9.91. The summed E-state index contributed by atoms with van der Waals surface area (Å²) in [5.74, 6) is 0.892. The first kappa shape index (κ1) is 16.7. The second kappa shape index (κ2) is 7.17. The second-order valence-corrected chi connectivity index (χ2v) is 6.44. The molecule has 1 fully saturated rings. The quantitative estimate of drug-likeness (QED) is 0.910. The highest BCUT2D eigenvalue weighted by atomic mass is 16.5.